The third-order valence-corrected chi connectivity index (χ3v) is 3.62. The molecular formula is C17H29IN4O. The molecule has 0 fully saturated rings. The topological polar surface area (TPSA) is 48.9 Å². The molecule has 1 aromatic rings. The van der Waals surface area contributed by atoms with Crippen LogP contribution < -0.4 is 15.4 Å². The van der Waals surface area contributed by atoms with Gasteiger partial charge < -0.3 is 20.3 Å². The number of nitrogens with zero attached hydrogens (tertiary/aromatic N) is 2. The number of hydrogen-bond acceptors (Lipinski definition) is 5. The molecule has 1 aliphatic heterocycles. The smallest absolute Gasteiger partial charge is 0.191 e. The number of ether oxygens (including phenoxy) is 1. The zero-order valence-corrected chi connectivity index (χ0v) is 16.8. The van der Waals surface area contributed by atoms with Crippen LogP contribution in [0.1, 0.15) is 31.9 Å². The molecule has 0 aromatic heterocycles. The zero-order valence-electron chi connectivity index (χ0n) is 14.5. The number of likely N-dealkylation sites (N-methyl/N-ethyl adjacent to an activating group) is 1. The molecule has 1 heterocycles. The molecule has 5 nitrogen and oxygen atoms in total. The quantitative estimate of drug-likeness (QED) is 0.679. The highest BCUT2D eigenvalue weighted by molar-refractivity contribution is 14.0. The zero-order chi connectivity index (χ0) is 15.9. The van der Waals surface area contributed by atoms with Gasteiger partial charge in [0.05, 0.1) is 12.1 Å². The summed E-state index contributed by atoms with van der Waals surface area (Å²) in [7, 11) is 4.20. The number of rotatable bonds is 6. The lowest BCUT2D eigenvalue weighted by Gasteiger charge is -2.27. The highest BCUT2D eigenvalue weighted by Crippen LogP contribution is 2.21. The molecule has 130 valence electrons. The molecule has 0 saturated carbocycles. The Morgan fingerprint density at radius 2 is 1.96 bits per heavy atom. The predicted octanol–water partition coefficient (Wildman–Crippen LogP) is 2.63. The van der Waals surface area contributed by atoms with Crippen molar-refractivity contribution in [3.63, 3.8) is 0 Å². The molecular weight excluding hydrogens is 403 g/mol. The van der Waals surface area contributed by atoms with Crippen LogP contribution in [-0.2, 0) is 0 Å². The number of hydrogen-bond donors (Lipinski definition) is 2. The minimum absolute atomic E-state index is 0. The van der Waals surface area contributed by atoms with Crippen LogP contribution in [0.15, 0.2) is 29.3 Å². The van der Waals surface area contributed by atoms with Gasteiger partial charge in [-0.1, -0.05) is 12.1 Å². The number of nitrogens with one attached hydrogen (secondary N) is 2. The van der Waals surface area contributed by atoms with Gasteiger partial charge >= 0.3 is 0 Å². The van der Waals surface area contributed by atoms with Crippen molar-refractivity contribution in [2.75, 3.05) is 33.7 Å². The van der Waals surface area contributed by atoms with E-state index in [1.54, 1.807) is 0 Å². The van der Waals surface area contributed by atoms with Crippen molar-refractivity contribution in [1.82, 2.24) is 15.5 Å². The minimum Gasteiger partial charge on any atom is -0.491 e. The maximum absolute atomic E-state index is 5.71. The summed E-state index contributed by atoms with van der Waals surface area (Å²) in [5, 5.41) is 6.71. The largest absolute Gasteiger partial charge is 0.491 e. The van der Waals surface area contributed by atoms with E-state index < -0.39 is 0 Å². The van der Waals surface area contributed by atoms with E-state index in [2.05, 4.69) is 46.8 Å². The van der Waals surface area contributed by atoms with Crippen molar-refractivity contribution in [3.8, 4) is 5.75 Å². The van der Waals surface area contributed by atoms with Gasteiger partial charge in [0.1, 0.15) is 5.75 Å². The van der Waals surface area contributed by atoms with Crippen LogP contribution in [0.3, 0.4) is 0 Å². The summed E-state index contributed by atoms with van der Waals surface area (Å²) in [6.45, 7) is 6.81. The van der Waals surface area contributed by atoms with Gasteiger partial charge in [0.15, 0.2) is 5.96 Å². The van der Waals surface area contributed by atoms with E-state index in [0.29, 0.717) is 6.04 Å². The summed E-state index contributed by atoms with van der Waals surface area (Å²) in [5.41, 5.74) is 1.27. The molecule has 1 aliphatic rings. The average Bonchev–Trinajstić information content (AvgIpc) is 2.49. The Morgan fingerprint density at radius 1 is 1.26 bits per heavy atom. The first-order chi connectivity index (χ1) is 10.6. The van der Waals surface area contributed by atoms with Gasteiger partial charge in [0.25, 0.3) is 0 Å². The third-order valence-electron chi connectivity index (χ3n) is 3.62. The molecule has 1 aromatic carbocycles. The van der Waals surface area contributed by atoms with Gasteiger partial charge in [-0.05, 0) is 52.1 Å². The van der Waals surface area contributed by atoms with Crippen LogP contribution in [-0.4, -0.2) is 50.7 Å². The van der Waals surface area contributed by atoms with Gasteiger partial charge in [-0.2, -0.15) is 0 Å². The average molecular weight is 432 g/mol. The molecule has 0 saturated heterocycles. The maximum atomic E-state index is 5.71. The first kappa shape index (κ1) is 20.0. The molecule has 0 bridgehead atoms. The number of halogens is 1. The first-order valence-electron chi connectivity index (χ1n) is 8.01. The maximum Gasteiger partial charge on any atom is 0.191 e. The van der Waals surface area contributed by atoms with Crippen molar-refractivity contribution >= 4 is 29.9 Å². The van der Waals surface area contributed by atoms with E-state index >= 15 is 0 Å². The number of aliphatic imine (C=N–C) groups is 1. The van der Waals surface area contributed by atoms with Crippen molar-refractivity contribution < 1.29 is 4.74 Å². The highest BCUT2D eigenvalue weighted by Gasteiger charge is 2.15. The lowest BCUT2D eigenvalue weighted by molar-refractivity contribution is 0.242. The molecule has 0 radical (unpaired) electrons. The molecule has 2 rings (SSSR count). The van der Waals surface area contributed by atoms with Crippen molar-refractivity contribution in [2.45, 2.75) is 32.4 Å². The van der Waals surface area contributed by atoms with E-state index in [1.165, 1.54) is 5.56 Å². The van der Waals surface area contributed by atoms with Crippen molar-refractivity contribution in [3.05, 3.63) is 29.8 Å². The molecule has 23 heavy (non-hydrogen) atoms. The van der Waals surface area contributed by atoms with E-state index in [1.807, 2.05) is 26.0 Å². The minimum atomic E-state index is 0. The van der Waals surface area contributed by atoms with Crippen LogP contribution >= 0.6 is 24.0 Å². The molecule has 6 heteroatoms. The second-order valence-electron chi connectivity index (χ2n) is 6.11. The summed E-state index contributed by atoms with van der Waals surface area (Å²) < 4.78 is 5.71. The van der Waals surface area contributed by atoms with E-state index in [-0.39, 0.29) is 30.1 Å². The second kappa shape index (κ2) is 9.97. The van der Waals surface area contributed by atoms with Crippen LogP contribution in [0.4, 0.5) is 0 Å². The fraction of sp³-hybridized carbons (Fsp3) is 0.588. The van der Waals surface area contributed by atoms with Gasteiger partial charge in [-0.3, -0.25) is 4.99 Å². The normalized spacial score (nSPS) is 15.5. The summed E-state index contributed by atoms with van der Waals surface area (Å²) in [4.78, 5) is 6.67. The van der Waals surface area contributed by atoms with E-state index in [4.69, 9.17) is 4.74 Å². The Morgan fingerprint density at radius 3 is 2.48 bits per heavy atom. The van der Waals surface area contributed by atoms with Crippen LogP contribution in [0.5, 0.6) is 5.75 Å². The predicted molar refractivity (Wildman–Crippen MR) is 107 cm³/mol. The van der Waals surface area contributed by atoms with Crippen LogP contribution in [0.2, 0.25) is 0 Å². The van der Waals surface area contributed by atoms with Crippen molar-refractivity contribution in [1.29, 1.82) is 0 Å². The molecule has 2 N–H and O–H groups in total. The molecule has 0 amide bonds. The summed E-state index contributed by atoms with van der Waals surface area (Å²) in [6.07, 6.45) is 1.31. The fourth-order valence-corrected chi connectivity index (χ4v) is 2.48. The Kier molecular flexibility index (Phi) is 8.68. The molecule has 0 aliphatic carbocycles. The lowest BCUT2D eigenvalue weighted by atomic mass is 10.1. The number of benzene rings is 1. The van der Waals surface area contributed by atoms with E-state index in [0.717, 1.165) is 37.8 Å². The second-order valence-corrected chi connectivity index (χ2v) is 6.11. The summed E-state index contributed by atoms with van der Waals surface area (Å²) >= 11 is 0. The summed E-state index contributed by atoms with van der Waals surface area (Å²) in [6, 6.07) is 8.66. The Hall–Kier alpha value is -1.02. The van der Waals surface area contributed by atoms with Crippen molar-refractivity contribution in [2.24, 2.45) is 4.99 Å². The van der Waals surface area contributed by atoms with Crippen LogP contribution in [0.25, 0.3) is 0 Å². The standard InChI is InChI=1S/C17H28N4O.HI/c1-13(2)22-15-8-6-14(7-9-15)16(21(3)4)12-20-17-18-10-5-11-19-17;/h6-9,13,16H,5,10-12H2,1-4H3,(H2,18,19,20);1H. The molecule has 1 atom stereocenters. The Labute approximate surface area is 156 Å². The Bertz CT molecular complexity index is 488. The van der Waals surface area contributed by atoms with Gasteiger partial charge in [-0.15, -0.1) is 24.0 Å². The van der Waals surface area contributed by atoms with Crippen LogP contribution in [0, 0.1) is 0 Å². The third kappa shape index (κ3) is 6.55. The monoisotopic (exact) mass is 432 g/mol. The number of guanidine groups is 1. The fourth-order valence-electron chi connectivity index (χ4n) is 2.48. The SMILES string of the molecule is CC(C)Oc1ccc(C(CNC2=NCCCN2)N(C)C)cc1.I. The van der Waals surface area contributed by atoms with Gasteiger partial charge in [0, 0.05) is 19.6 Å². The molecule has 1 unspecified atom stereocenters. The molecule has 0 spiro atoms. The van der Waals surface area contributed by atoms with Gasteiger partial charge in [0.2, 0.25) is 0 Å². The van der Waals surface area contributed by atoms with E-state index in [9.17, 15) is 0 Å². The first-order valence-corrected chi connectivity index (χ1v) is 8.01. The lowest BCUT2D eigenvalue weighted by Crippen LogP contribution is -2.44. The summed E-state index contributed by atoms with van der Waals surface area (Å²) in [5.74, 6) is 1.83. The van der Waals surface area contributed by atoms with Gasteiger partial charge in [-0.25, -0.2) is 0 Å². The Balaban J connectivity index is 0.00000264. The highest BCUT2D eigenvalue weighted by atomic mass is 127.